The summed E-state index contributed by atoms with van der Waals surface area (Å²) in [5.74, 6) is -1.12. The fourth-order valence-electron chi connectivity index (χ4n) is 1.65. The molecular weight excluding hydrogens is 283 g/mol. The molecule has 2 rings (SSSR count). The highest BCUT2D eigenvalue weighted by atomic mass is 32.2. The molecule has 7 heteroatoms. The highest BCUT2D eigenvalue weighted by Crippen LogP contribution is 2.18. The molecule has 0 unspecified atom stereocenters. The molecule has 0 atom stereocenters. The summed E-state index contributed by atoms with van der Waals surface area (Å²) in [6, 6.07) is 10.0. The first-order valence-corrected chi connectivity index (χ1v) is 7.25. The lowest BCUT2D eigenvalue weighted by atomic mass is 10.2. The second-order valence-corrected chi connectivity index (χ2v) is 5.77. The SMILES string of the molecule is NS(=O)(=O)c1cccc(NCc2ccc(O)c(F)c2)c1. The smallest absolute Gasteiger partial charge is 0.238 e. The third-order valence-corrected chi connectivity index (χ3v) is 3.58. The molecule has 0 aromatic heterocycles. The number of anilines is 1. The molecule has 4 N–H and O–H groups in total. The summed E-state index contributed by atoms with van der Waals surface area (Å²) in [7, 11) is -3.75. The van der Waals surface area contributed by atoms with Crippen molar-refractivity contribution in [2.24, 2.45) is 5.14 Å². The maximum Gasteiger partial charge on any atom is 0.238 e. The molecule has 0 bridgehead atoms. The zero-order chi connectivity index (χ0) is 14.8. The molecule has 20 heavy (non-hydrogen) atoms. The van der Waals surface area contributed by atoms with Crippen LogP contribution in [0, 0.1) is 5.82 Å². The van der Waals surface area contributed by atoms with Gasteiger partial charge in [0.2, 0.25) is 10.0 Å². The third-order valence-electron chi connectivity index (χ3n) is 2.67. The normalized spacial score (nSPS) is 11.3. The molecule has 0 saturated carbocycles. The molecule has 0 radical (unpaired) electrons. The van der Waals surface area contributed by atoms with Crippen LogP contribution in [0.3, 0.4) is 0 Å². The number of phenols is 1. The number of nitrogens with two attached hydrogens (primary N) is 1. The minimum Gasteiger partial charge on any atom is -0.505 e. The van der Waals surface area contributed by atoms with Gasteiger partial charge in [-0.2, -0.15) is 0 Å². The van der Waals surface area contributed by atoms with Crippen molar-refractivity contribution >= 4 is 15.7 Å². The number of hydrogen-bond acceptors (Lipinski definition) is 4. The van der Waals surface area contributed by atoms with E-state index in [0.29, 0.717) is 11.3 Å². The van der Waals surface area contributed by atoms with E-state index in [1.807, 2.05) is 0 Å². The maximum atomic E-state index is 13.2. The number of aromatic hydroxyl groups is 1. The van der Waals surface area contributed by atoms with Crippen molar-refractivity contribution in [1.82, 2.24) is 0 Å². The van der Waals surface area contributed by atoms with Crippen LogP contribution >= 0.6 is 0 Å². The number of benzene rings is 2. The molecule has 0 aliphatic rings. The maximum absolute atomic E-state index is 13.2. The van der Waals surface area contributed by atoms with Crippen LogP contribution in [0.15, 0.2) is 47.4 Å². The first kappa shape index (κ1) is 14.3. The molecular formula is C13H13FN2O3S. The summed E-state index contributed by atoms with van der Waals surface area (Å²) < 4.78 is 35.6. The van der Waals surface area contributed by atoms with Crippen molar-refractivity contribution in [1.29, 1.82) is 0 Å². The van der Waals surface area contributed by atoms with Crippen LogP contribution in [-0.2, 0) is 16.6 Å². The van der Waals surface area contributed by atoms with Crippen molar-refractivity contribution in [2.45, 2.75) is 11.4 Å². The minimum absolute atomic E-state index is 0.000568. The van der Waals surface area contributed by atoms with Gasteiger partial charge in [0.25, 0.3) is 0 Å². The van der Waals surface area contributed by atoms with Crippen molar-refractivity contribution < 1.29 is 17.9 Å². The Morgan fingerprint density at radius 2 is 1.95 bits per heavy atom. The standard InChI is InChI=1S/C13H13FN2O3S/c14-12-6-9(4-5-13(12)17)8-16-10-2-1-3-11(7-10)20(15,18)19/h1-7,16-17H,8H2,(H2,15,18,19). The van der Waals surface area contributed by atoms with E-state index in [-0.39, 0.29) is 11.4 Å². The predicted molar refractivity (Wildman–Crippen MR) is 73.2 cm³/mol. The van der Waals surface area contributed by atoms with Crippen molar-refractivity contribution in [2.75, 3.05) is 5.32 Å². The topological polar surface area (TPSA) is 92.4 Å². The van der Waals surface area contributed by atoms with E-state index in [2.05, 4.69) is 5.32 Å². The van der Waals surface area contributed by atoms with Crippen LogP contribution < -0.4 is 10.5 Å². The lowest BCUT2D eigenvalue weighted by Crippen LogP contribution is -2.12. The van der Waals surface area contributed by atoms with E-state index >= 15 is 0 Å². The Morgan fingerprint density at radius 3 is 2.60 bits per heavy atom. The molecule has 0 fully saturated rings. The Balaban J connectivity index is 2.13. The molecule has 0 heterocycles. The number of hydrogen-bond donors (Lipinski definition) is 3. The second-order valence-electron chi connectivity index (χ2n) is 4.21. The Bertz CT molecular complexity index is 732. The van der Waals surface area contributed by atoms with E-state index in [1.54, 1.807) is 18.2 Å². The molecule has 2 aromatic carbocycles. The second kappa shape index (κ2) is 5.48. The molecule has 0 aliphatic carbocycles. The van der Waals surface area contributed by atoms with Gasteiger partial charge in [0, 0.05) is 12.2 Å². The lowest BCUT2D eigenvalue weighted by Gasteiger charge is -2.08. The number of halogens is 1. The average molecular weight is 296 g/mol. The quantitative estimate of drug-likeness (QED) is 0.802. The number of phenolic OH excluding ortho intramolecular Hbond substituents is 1. The minimum atomic E-state index is -3.75. The summed E-state index contributed by atoms with van der Waals surface area (Å²) in [5, 5.41) is 17.1. The fraction of sp³-hybridized carbons (Fsp3) is 0.0769. The zero-order valence-corrected chi connectivity index (χ0v) is 11.2. The van der Waals surface area contributed by atoms with E-state index in [1.165, 1.54) is 24.3 Å². The van der Waals surface area contributed by atoms with E-state index < -0.39 is 21.6 Å². The van der Waals surface area contributed by atoms with Gasteiger partial charge in [-0.1, -0.05) is 12.1 Å². The Hall–Kier alpha value is -2.12. The summed E-state index contributed by atoms with van der Waals surface area (Å²) >= 11 is 0. The van der Waals surface area contributed by atoms with Crippen LogP contribution in [0.5, 0.6) is 5.75 Å². The highest BCUT2D eigenvalue weighted by molar-refractivity contribution is 7.89. The first-order valence-electron chi connectivity index (χ1n) is 5.70. The summed E-state index contributed by atoms with van der Waals surface area (Å²) in [5.41, 5.74) is 1.16. The van der Waals surface area contributed by atoms with Crippen LogP contribution in [0.25, 0.3) is 0 Å². The molecule has 0 amide bonds. The fourth-order valence-corrected chi connectivity index (χ4v) is 2.21. The molecule has 0 aliphatic heterocycles. The predicted octanol–water partition coefficient (Wildman–Crippen LogP) is 1.79. The number of sulfonamides is 1. The van der Waals surface area contributed by atoms with Gasteiger partial charge in [-0.15, -0.1) is 0 Å². The molecule has 0 spiro atoms. The van der Waals surface area contributed by atoms with Gasteiger partial charge >= 0.3 is 0 Å². The van der Waals surface area contributed by atoms with Crippen LogP contribution in [-0.4, -0.2) is 13.5 Å². The molecule has 106 valence electrons. The van der Waals surface area contributed by atoms with Gasteiger partial charge in [0.1, 0.15) is 0 Å². The van der Waals surface area contributed by atoms with Crippen molar-refractivity contribution in [3.63, 3.8) is 0 Å². The van der Waals surface area contributed by atoms with Gasteiger partial charge in [0.05, 0.1) is 4.90 Å². The number of primary sulfonamides is 1. The molecule has 2 aromatic rings. The lowest BCUT2D eigenvalue weighted by molar-refractivity contribution is 0.432. The van der Waals surface area contributed by atoms with Gasteiger partial charge in [0.15, 0.2) is 11.6 Å². The van der Waals surface area contributed by atoms with E-state index in [0.717, 1.165) is 0 Å². The monoisotopic (exact) mass is 296 g/mol. The summed E-state index contributed by atoms with van der Waals surface area (Å²) in [6.07, 6.45) is 0. The third kappa shape index (κ3) is 3.46. The Labute approximate surface area is 115 Å². The van der Waals surface area contributed by atoms with Crippen LogP contribution in [0.1, 0.15) is 5.56 Å². The van der Waals surface area contributed by atoms with Crippen LogP contribution in [0.2, 0.25) is 0 Å². The largest absolute Gasteiger partial charge is 0.505 e. The van der Waals surface area contributed by atoms with Gasteiger partial charge < -0.3 is 10.4 Å². The van der Waals surface area contributed by atoms with Crippen molar-refractivity contribution in [3.8, 4) is 5.75 Å². The summed E-state index contributed by atoms with van der Waals surface area (Å²) in [6.45, 7) is 0.283. The van der Waals surface area contributed by atoms with E-state index in [9.17, 15) is 12.8 Å². The zero-order valence-electron chi connectivity index (χ0n) is 10.4. The van der Waals surface area contributed by atoms with Gasteiger partial charge in [-0.25, -0.2) is 17.9 Å². The molecule has 5 nitrogen and oxygen atoms in total. The number of nitrogens with one attached hydrogen (secondary N) is 1. The van der Waals surface area contributed by atoms with Gasteiger partial charge in [-0.3, -0.25) is 0 Å². The van der Waals surface area contributed by atoms with Gasteiger partial charge in [-0.05, 0) is 35.9 Å². The van der Waals surface area contributed by atoms with Crippen molar-refractivity contribution in [3.05, 3.63) is 53.8 Å². The summed E-state index contributed by atoms with van der Waals surface area (Å²) in [4.78, 5) is -0.000568. The first-order chi connectivity index (χ1) is 9.36. The van der Waals surface area contributed by atoms with Crippen LogP contribution in [0.4, 0.5) is 10.1 Å². The number of rotatable bonds is 4. The van der Waals surface area contributed by atoms with E-state index in [4.69, 9.17) is 10.2 Å². The highest BCUT2D eigenvalue weighted by Gasteiger charge is 2.08. The Kier molecular flexibility index (Phi) is 3.91. The molecule has 0 saturated heterocycles. The Morgan fingerprint density at radius 1 is 1.20 bits per heavy atom. The average Bonchev–Trinajstić information content (AvgIpc) is 2.39.